The van der Waals surface area contributed by atoms with Crippen molar-refractivity contribution in [1.82, 2.24) is 4.98 Å². The van der Waals surface area contributed by atoms with Crippen LogP contribution in [0.1, 0.15) is 0 Å². The summed E-state index contributed by atoms with van der Waals surface area (Å²) in [5.74, 6) is 0.675. The number of fused-ring (bicyclic) bond motifs is 1. The van der Waals surface area contributed by atoms with E-state index >= 15 is 0 Å². The van der Waals surface area contributed by atoms with Gasteiger partial charge in [-0.3, -0.25) is 4.72 Å². The normalized spacial score (nSPS) is 14.5. The third-order valence-electron chi connectivity index (χ3n) is 3.84. The molecule has 0 saturated carbocycles. The number of aromatic nitrogens is 1. The van der Waals surface area contributed by atoms with E-state index < -0.39 is 11.0 Å². The van der Waals surface area contributed by atoms with E-state index in [1.54, 1.807) is 18.3 Å². The number of benzene rings is 2. The van der Waals surface area contributed by atoms with E-state index in [0.29, 0.717) is 39.0 Å². The summed E-state index contributed by atoms with van der Waals surface area (Å²) in [6.45, 7) is 1.20. The lowest BCUT2D eigenvalue weighted by Crippen LogP contribution is -2.28. The topological polar surface area (TPSA) is 54.5 Å². The van der Waals surface area contributed by atoms with Crippen LogP contribution >= 0.6 is 34.5 Å². The lowest BCUT2D eigenvalue weighted by molar-refractivity contribution is 0.313. The molecule has 0 saturated heterocycles. The van der Waals surface area contributed by atoms with E-state index in [1.165, 1.54) is 11.3 Å². The molecule has 2 aromatic carbocycles. The summed E-state index contributed by atoms with van der Waals surface area (Å²) in [4.78, 5) is 6.81. The predicted octanol–water partition coefficient (Wildman–Crippen LogP) is 5.12. The van der Waals surface area contributed by atoms with Crippen molar-refractivity contribution in [2.75, 3.05) is 22.8 Å². The molecule has 0 spiro atoms. The third kappa shape index (κ3) is 3.53. The predicted molar refractivity (Wildman–Crippen MR) is 108 cm³/mol. The van der Waals surface area contributed by atoms with Crippen LogP contribution in [0.3, 0.4) is 0 Å². The number of anilines is 3. The van der Waals surface area contributed by atoms with Crippen LogP contribution < -0.4 is 14.4 Å². The number of hydrogen-bond donors (Lipinski definition) is 1. The molecular weight excluding hydrogens is 413 g/mol. The quantitative estimate of drug-likeness (QED) is 0.630. The number of nitrogens with one attached hydrogen (secondary N) is 1. The van der Waals surface area contributed by atoms with Crippen LogP contribution in [0.15, 0.2) is 52.9 Å². The number of nitrogens with zero attached hydrogens (tertiary/aromatic N) is 2. The first-order chi connectivity index (χ1) is 12.6. The van der Waals surface area contributed by atoms with Crippen molar-refractivity contribution in [3.8, 4) is 5.75 Å². The van der Waals surface area contributed by atoms with Crippen LogP contribution in [0.25, 0.3) is 0 Å². The van der Waals surface area contributed by atoms with Gasteiger partial charge in [0.05, 0.1) is 27.2 Å². The zero-order valence-corrected chi connectivity index (χ0v) is 16.5. The molecular formula is C17H13Cl2N3O2S2. The fourth-order valence-corrected chi connectivity index (χ4v) is 4.47. The highest BCUT2D eigenvalue weighted by Crippen LogP contribution is 2.39. The Kier molecular flexibility index (Phi) is 5.04. The van der Waals surface area contributed by atoms with Crippen LogP contribution in [0.4, 0.5) is 16.5 Å². The van der Waals surface area contributed by atoms with Crippen molar-refractivity contribution in [2.24, 2.45) is 0 Å². The maximum atomic E-state index is 12.5. The lowest BCUT2D eigenvalue weighted by atomic mass is 10.2. The first-order valence-corrected chi connectivity index (χ1v) is 10.5. The van der Waals surface area contributed by atoms with Crippen LogP contribution in [-0.2, 0) is 11.0 Å². The highest BCUT2D eigenvalue weighted by molar-refractivity contribution is 7.86. The summed E-state index contributed by atoms with van der Waals surface area (Å²) >= 11 is 13.6. The van der Waals surface area contributed by atoms with E-state index in [2.05, 4.69) is 14.6 Å². The van der Waals surface area contributed by atoms with E-state index in [4.69, 9.17) is 27.9 Å². The molecule has 1 unspecified atom stereocenters. The Bertz CT molecular complexity index is 967. The minimum Gasteiger partial charge on any atom is -0.489 e. The fourth-order valence-electron chi connectivity index (χ4n) is 2.65. The molecule has 26 heavy (non-hydrogen) atoms. The zero-order valence-electron chi connectivity index (χ0n) is 13.3. The van der Waals surface area contributed by atoms with Crippen LogP contribution in [0.5, 0.6) is 5.75 Å². The van der Waals surface area contributed by atoms with E-state index in [1.807, 2.05) is 29.6 Å². The van der Waals surface area contributed by atoms with Gasteiger partial charge in [-0.1, -0.05) is 23.2 Å². The van der Waals surface area contributed by atoms with E-state index in [9.17, 15) is 4.21 Å². The van der Waals surface area contributed by atoms with Gasteiger partial charge in [0.15, 0.2) is 16.1 Å². The second-order valence-electron chi connectivity index (χ2n) is 5.44. The molecule has 0 bridgehead atoms. The summed E-state index contributed by atoms with van der Waals surface area (Å²) in [5, 5.41) is 3.45. The van der Waals surface area contributed by atoms with E-state index in [-0.39, 0.29) is 0 Å². The molecule has 1 atom stereocenters. The summed E-state index contributed by atoms with van der Waals surface area (Å²) in [5.41, 5.74) is 1.82. The van der Waals surface area contributed by atoms with Gasteiger partial charge in [0.25, 0.3) is 0 Å². The van der Waals surface area contributed by atoms with Gasteiger partial charge in [-0.25, -0.2) is 9.19 Å². The Hall–Kier alpha value is -1.80. The minimum atomic E-state index is -1.41. The molecule has 1 aliphatic heterocycles. The smallest absolute Gasteiger partial charge is 0.194 e. The van der Waals surface area contributed by atoms with Gasteiger partial charge in [0.1, 0.15) is 12.4 Å². The number of ether oxygens (including phenoxy) is 1. The van der Waals surface area contributed by atoms with Gasteiger partial charge in [-0.05, 0) is 30.3 Å². The van der Waals surface area contributed by atoms with Gasteiger partial charge >= 0.3 is 0 Å². The Morgan fingerprint density at radius 2 is 2.08 bits per heavy atom. The molecule has 3 aromatic rings. The number of hydrogen-bond acceptors (Lipinski definition) is 5. The number of halogens is 2. The molecule has 134 valence electrons. The number of thiazole rings is 1. The Balaban J connectivity index is 1.63. The van der Waals surface area contributed by atoms with Gasteiger partial charge in [-0.2, -0.15) is 0 Å². The first-order valence-electron chi connectivity index (χ1n) is 7.69. The highest BCUT2D eigenvalue weighted by Gasteiger charge is 2.21. The average molecular weight is 426 g/mol. The third-order valence-corrected chi connectivity index (χ3v) is 6.45. The fraction of sp³-hybridized carbons (Fsp3) is 0.118. The molecule has 0 amide bonds. The molecule has 1 N–H and O–H groups in total. The summed E-state index contributed by atoms with van der Waals surface area (Å²) in [7, 11) is -1.41. The van der Waals surface area contributed by atoms with Crippen molar-refractivity contribution in [2.45, 2.75) is 4.90 Å². The second kappa shape index (κ2) is 7.44. The molecule has 0 fully saturated rings. The van der Waals surface area contributed by atoms with Crippen molar-refractivity contribution in [1.29, 1.82) is 0 Å². The van der Waals surface area contributed by atoms with Gasteiger partial charge in [0.2, 0.25) is 0 Å². The van der Waals surface area contributed by atoms with Crippen molar-refractivity contribution in [3.63, 3.8) is 0 Å². The molecule has 4 rings (SSSR count). The maximum absolute atomic E-state index is 12.5. The standard InChI is InChI=1S/C17H13Cl2N3O2S2/c18-13-3-1-11(9-14(13)19)22-6-7-24-16-10-12(2-4-15(16)22)26(23)21-17-20-5-8-25-17/h1-5,8-10H,6-7H2,(H,20,21). The summed E-state index contributed by atoms with van der Waals surface area (Å²) in [6.07, 6.45) is 1.66. The molecule has 1 aromatic heterocycles. The molecule has 0 aliphatic carbocycles. The summed E-state index contributed by atoms with van der Waals surface area (Å²) < 4.78 is 21.2. The average Bonchev–Trinajstić information content (AvgIpc) is 3.16. The van der Waals surface area contributed by atoms with Gasteiger partial charge in [-0.15, -0.1) is 11.3 Å². The largest absolute Gasteiger partial charge is 0.489 e. The van der Waals surface area contributed by atoms with Crippen LogP contribution in [0.2, 0.25) is 10.0 Å². The molecule has 5 nitrogen and oxygen atoms in total. The molecule has 1 aliphatic rings. The Labute approximate surface area is 167 Å². The number of rotatable bonds is 4. The summed E-state index contributed by atoms with van der Waals surface area (Å²) in [6, 6.07) is 11.0. The minimum absolute atomic E-state index is 0.502. The van der Waals surface area contributed by atoms with E-state index in [0.717, 1.165) is 11.4 Å². The van der Waals surface area contributed by atoms with Crippen molar-refractivity contribution < 1.29 is 8.95 Å². The van der Waals surface area contributed by atoms with Gasteiger partial charge < -0.3 is 9.64 Å². The SMILES string of the molecule is O=S(Nc1nccs1)c1ccc2c(c1)OCCN2c1ccc(Cl)c(Cl)c1. The van der Waals surface area contributed by atoms with Crippen molar-refractivity contribution in [3.05, 3.63) is 58.0 Å². The highest BCUT2D eigenvalue weighted by atomic mass is 35.5. The maximum Gasteiger partial charge on any atom is 0.194 e. The van der Waals surface area contributed by atoms with Gasteiger partial charge in [0, 0.05) is 23.3 Å². The lowest BCUT2D eigenvalue weighted by Gasteiger charge is -2.31. The first kappa shape index (κ1) is 17.6. The Morgan fingerprint density at radius 1 is 1.19 bits per heavy atom. The molecule has 0 radical (unpaired) electrons. The van der Waals surface area contributed by atoms with Crippen LogP contribution in [-0.4, -0.2) is 22.3 Å². The second-order valence-corrected chi connectivity index (χ2v) is 8.36. The van der Waals surface area contributed by atoms with Crippen molar-refractivity contribution >= 4 is 62.0 Å². The monoisotopic (exact) mass is 425 g/mol. The molecule has 9 heteroatoms. The zero-order chi connectivity index (χ0) is 18.1. The molecule has 2 heterocycles. The van der Waals surface area contributed by atoms with Crippen LogP contribution in [0, 0.1) is 0 Å². The Morgan fingerprint density at radius 3 is 2.85 bits per heavy atom.